The number of rotatable bonds is 4. The molecule has 1 rings (SSSR count). The molecule has 0 fully saturated rings. The summed E-state index contributed by atoms with van der Waals surface area (Å²) in [5.41, 5.74) is 1.26. The first-order valence-corrected chi connectivity index (χ1v) is 5.09. The fourth-order valence-electron chi connectivity index (χ4n) is 1.00. The molecule has 0 saturated carbocycles. The van der Waals surface area contributed by atoms with Gasteiger partial charge in [-0.25, -0.2) is 0 Å². The second-order valence-corrected chi connectivity index (χ2v) is 3.53. The third kappa shape index (κ3) is 3.51. The van der Waals surface area contributed by atoms with E-state index >= 15 is 0 Å². The van der Waals surface area contributed by atoms with E-state index in [1.54, 1.807) is 20.3 Å². The van der Waals surface area contributed by atoms with E-state index in [1.807, 2.05) is 6.08 Å². The third-order valence-electron chi connectivity index (χ3n) is 1.62. The molecule has 10 heteroatoms. The molecule has 0 N–H and O–H groups in total. The molecule has 0 aromatic carbocycles. The maximum absolute atomic E-state index is 5.65. The Morgan fingerprint density at radius 1 is 1.27 bits per heavy atom. The van der Waals surface area contributed by atoms with Gasteiger partial charge in [0.05, 0.1) is 0 Å². The SMILES string of the molecule is [B]B=Bc1c([B])oc([B])c1SB=BB=C. The molecule has 0 saturated heterocycles. The van der Waals surface area contributed by atoms with Crippen LogP contribution in [0.1, 0.15) is 0 Å². The predicted molar refractivity (Wildman–Crippen MR) is 76.6 cm³/mol. The molecule has 0 spiro atoms. The van der Waals surface area contributed by atoms with Crippen LogP contribution in [-0.4, -0.2) is 63.0 Å². The molecule has 0 amide bonds. The predicted octanol–water partition coefficient (Wildman–Crippen LogP) is -3.72. The van der Waals surface area contributed by atoms with Gasteiger partial charge in [-0.3, -0.25) is 0 Å². The van der Waals surface area contributed by atoms with Gasteiger partial charge in [-0.05, 0) is 0 Å². The van der Waals surface area contributed by atoms with Gasteiger partial charge in [0, 0.05) is 0 Å². The van der Waals surface area contributed by atoms with Crippen molar-refractivity contribution in [2.24, 2.45) is 0 Å². The van der Waals surface area contributed by atoms with Crippen molar-refractivity contribution in [3.8, 4) is 0 Å². The van der Waals surface area contributed by atoms with Gasteiger partial charge in [0.15, 0.2) is 0 Å². The van der Waals surface area contributed by atoms with Crippen LogP contribution in [0.3, 0.4) is 0 Å². The van der Waals surface area contributed by atoms with Gasteiger partial charge in [-0.1, -0.05) is 0 Å². The van der Waals surface area contributed by atoms with Crippen molar-refractivity contribution in [2.75, 3.05) is 0 Å². The summed E-state index contributed by atoms with van der Waals surface area (Å²) < 4.78 is 5.10. The van der Waals surface area contributed by atoms with Crippen LogP contribution in [0, 0.1) is 0 Å². The van der Waals surface area contributed by atoms with Crippen LogP contribution in [-0.2, 0) is 0 Å². The zero-order chi connectivity index (χ0) is 11.3. The number of hydrogen-bond acceptors (Lipinski definition) is 2. The molecule has 0 aliphatic heterocycles. The van der Waals surface area contributed by atoms with Gasteiger partial charge in [0.1, 0.15) is 0 Å². The first kappa shape index (κ1) is 13.1. The van der Waals surface area contributed by atoms with Crippen LogP contribution in [0.25, 0.3) is 0 Å². The van der Waals surface area contributed by atoms with E-state index in [9.17, 15) is 0 Å². The first-order valence-electron chi connectivity index (χ1n) is 4.21. The van der Waals surface area contributed by atoms with Crippen molar-refractivity contribution >= 4 is 91.4 Å². The minimum atomic E-state index is 0.267. The average molecular weight is 197 g/mol. The normalized spacial score (nSPS) is 9.07. The second-order valence-electron chi connectivity index (χ2n) is 2.61. The van der Waals surface area contributed by atoms with E-state index in [4.69, 9.17) is 27.8 Å². The fraction of sp³-hybridized carbons (Fsp3) is 0. The summed E-state index contributed by atoms with van der Waals surface area (Å²) in [6, 6.07) is 0. The van der Waals surface area contributed by atoms with Crippen molar-refractivity contribution in [3.63, 3.8) is 0 Å². The second kappa shape index (κ2) is 6.57. The van der Waals surface area contributed by atoms with Gasteiger partial charge in [0.25, 0.3) is 0 Å². The summed E-state index contributed by atoms with van der Waals surface area (Å²) >= 11 is 1.40. The Labute approximate surface area is 101 Å². The molecule has 0 aliphatic carbocycles. The van der Waals surface area contributed by atoms with Gasteiger partial charge in [-0.2, -0.15) is 0 Å². The topological polar surface area (TPSA) is 13.1 Å². The molecular formula is C5H2B8OS. The van der Waals surface area contributed by atoms with Crippen LogP contribution in [0.4, 0.5) is 0 Å². The van der Waals surface area contributed by atoms with E-state index in [0.717, 1.165) is 4.90 Å². The van der Waals surface area contributed by atoms with Gasteiger partial charge >= 0.3 is 101 Å². The van der Waals surface area contributed by atoms with Crippen LogP contribution in [0.15, 0.2) is 9.31 Å². The molecule has 0 unspecified atom stereocenters. The summed E-state index contributed by atoms with van der Waals surface area (Å²) in [6.45, 7) is 10.1. The summed E-state index contributed by atoms with van der Waals surface area (Å²) in [7, 11) is 16.6. The van der Waals surface area contributed by atoms with Crippen molar-refractivity contribution in [2.45, 2.75) is 4.90 Å². The third-order valence-corrected chi connectivity index (χ3v) is 2.57. The van der Waals surface area contributed by atoms with E-state index in [1.165, 1.54) is 18.3 Å². The van der Waals surface area contributed by atoms with Crippen molar-refractivity contribution < 1.29 is 4.42 Å². The molecule has 15 heavy (non-hydrogen) atoms. The molecule has 0 atom stereocenters. The summed E-state index contributed by atoms with van der Waals surface area (Å²) in [5, 5.41) is 0. The zero-order valence-corrected chi connectivity index (χ0v) is 8.96. The molecule has 1 aromatic heterocycles. The van der Waals surface area contributed by atoms with Gasteiger partial charge < -0.3 is 0 Å². The van der Waals surface area contributed by atoms with Crippen molar-refractivity contribution in [3.05, 3.63) is 0 Å². The average Bonchev–Trinajstić information content (AvgIpc) is 2.45. The molecule has 0 bridgehead atoms. The van der Waals surface area contributed by atoms with E-state index in [0.29, 0.717) is 11.1 Å². The molecule has 1 nitrogen and oxygen atoms in total. The first-order chi connectivity index (χ1) is 7.20. The Morgan fingerprint density at radius 3 is 2.60 bits per heavy atom. The number of furan rings is 1. The van der Waals surface area contributed by atoms with Crippen LogP contribution >= 0.6 is 11.6 Å². The summed E-state index contributed by atoms with van der Waals surface area (Å²) in [5.74, 6) is 0. The molecular weight excluding hydrogens is 195 g/mol. The maximum atomic E-state index is 5.65. The molecule has 1 heterocycles. The summed E-state index contributed by atoms with van der Waals surface area (Å²) in [4.78, 5) is 0.757. The van der Waals surface area contributed by atoms with Crippen LogP contribution in [0.2, 0.25) is 0 Å². The standard InChI is InChI=1S/C5H2B8OS/c1-9-12-13-15-3-2(10-11-8)4(6)14-5(3)7/h1H2. The molecule has 1 aromatic rings. The number of hydrogen-bond donors (Lipinski definition) is 0. The Balaban J connectivity index is 3.03. The minimum absolute atomic E-state index is 0.267. The van der Waals surface area contributed by atoms with E-state index < -0.39 is 0 Å². The Hall–Kier alpha value is 0.0195. The Bertz CT molecular complexity index is 409. The van der Waals surface area contributed by atoms with Crippen LogP contribution < -0.4 is 16.8 Å². The monoisotopic (exact) mass is 198 g/mol. The van der Waals surface area contributed by atoms with E-state index in [2.05, 4.69) is 6.47 Å². The Morgan fingerprint density at radius 2 is 2.00 bits per heavy atom. The molecule has 0 aliphatic rings. The zero-order valence-electron chi connectivity index (χ0n) is 8.14. The van der Waals surface area contributed by atoms with Crippen molar-refractivity contribution in [1.82, 2.24) is 0 Å². The molecule has 58 valence electrons. The van der Waals surface area contributed by atoms with Gasteiger partial charge in [-0.15, -0.1) is 0 Å². The molecule has 6 radical (unpaired) electrons. The van der Waals surface area contributed by atoms with Gasteiger partial charge in [0.2, 0.25) is 0 Å². The van der Waals surface area contributed by atoms with Crippen LogP contribution in [0.5, 0.6) is 0 Å². The van der Waals surface area contributed by atoms with E-state index in [-0.39, 0.29) is 5.66 Å². The quantitative estimate of drug-likeness (QED) is 0.460. The van der Waals surface area contributed by atoms with Crippen molar-refractivity contribution in [1.29, 1.82) is 0 Å². The fourth-order valence-corrected chi connectivity index (χ4v) is 1.78. The summed E-state index contributed by atoms with van der Waals surface area (Å²) in [6.07, 6.45) is 1.83. The Kier molecular flexibility index (Phi) is 5.73.